The van der Waals surface area contributed by atoms with Gasteiger partial charge in [-0.05, 0) is 48.7 Å². The van der Waals surface area contributed by atoms with Crippen LogP contribution in [0.5, 0.6) is 0 Å². The molecule has 0 aliphatic carbocycles. The Morgan fingerprint density at radius 3 is 2.20 bits per heavy atom. The molecule has 1 atom stereocenters. The number of rotatable bonds is 3. The lowest BCUT2D eigenvalue weighted by Gasteiger charge is -2.27. The Morgan fingerprint density at radius 1 is 1.05 bits per heavy atom. The van der Waals surface area contributed by atoms with E-state index in [0.717, 1.165) is 15.6 Å². The maximum atomic E-state index is 6.44. The summed E-state index contributed by atoms with van der Waals surface area (Å²) in [5.74, 6) is 0. The summed E-state index contributed by atoms with van der Waals surface area (Å²) in [6, 6.07) is 11.1. The first-order chi connectivity index (χ1) is 9.31. The molecule has 0 aromatic heterocycles. The SMILES string of the molecule is CC(N)(Cc1c(Cl)cccc1Cl)c1ccc(Br)cc1Cl. The highest BCUT2D eigenvalue weighted by Gasteiger charge is 2.26. The molecule has 0 bridgehead atoms. The summed E-state index contributed by atoms with van der Waals surface area (Å²) in [6.45, 7) is 1.92. The number of halogens is 4. The molecule has 2 aromatic carbocycles. The lowest BCUT2D eigenvalue weighted by Crippen LogP contribution is -2.36. The van der Waals surface area contributed by atoms with E-state index in [4.69, 9.17) is 40.5 Å². The Hall–Kier alpha value is -0.250. The van der Waals surface area contributed by atoms with Gasteiger partial charge in [-0.2, -0.15) is 0 Å². The number of benzene rings is 2. The second kappa shape index (κ2) is 6.25. The van der Waals surface area contributed by atoms with E-state index in [2.05, 4.69) is 15.9 Å². The molecule has 0 saturated carbocycles. The summed E-state index contributed by atoms with van der Waals surface area (Å²) in [5.41, 5.74) is 7.47. The van der Waals surface area contributed by atoms with Gasteiger partial charge in [0.2, 0.25) is 0 Å². The Bertz CT molecular complexity index is 621. The van der Waals surface area contributed by atoms with E-state index in [1.807, 2.05) is 43.3 Å². The molecular formula is C15H13BrCl3N. The van der Waals surface area contributed by atoms with E-state index in [9.17, 15) is 0 Å². The lowest BCUT2D eigenvalue weighted by atomic mass is 9.86. The third-order valence-electron chi connectivity index (χ3n) is 3.15. The molecule has 0 fully saturated rings. The third-order valence-corrected chi connectivity index (χ3v) is 4.67. The Labute approximate surface area is 142 Å². The van der Waals surface area contributed by atoms with E-state index in [1.54, 1.807) is 0 Å². The molecule has 1 unspecified atom stereocenters. The van der Waals surface area contributed by atoms with Crippen molar-refractivity contribution in [1.29, 1.82) is 0 Å². The highest BCUT2D eigenvalue weighted by atomic mass is 79.9. The van der Waals surface area contributed by atoms with E-state index in [0.29, 0.717) is 21.5 Å². The van der Waals surface area contributed by atoms with Crippen molar-refractivity contribution in [3.63, 3.8) is 0 Å². The molecule has 1 nitrogen and oxygen atoms in total. The maximum absolute atomic E-state index is 6.44. The van der Waals surface area contributed by atoms with E-state index >= 15 is 0 Å². The summed E-state index contributed by atoms with van der Waals surface area (Å²) in [6.07, 6.45) is 0.507. The van der Waals surface area contributed by atoms with Crippen LogP contribution in [0.25, 0.3) is 0 Å². The Balaban J connectivity index is 2.40. The first-order valence-corrected chi connectivity index (χ1v) is 7.91. The van der Waals surface area contributed by atoms with Crippen molar-refractivity contribution in [3.05, 3.63) is 67.1 Å². The summed E-state index contributed by atoms with van der Waals surface area (Å²) in [4.78, 5) is 0. The zero-order chi connectivity index (χ0) is 14.9. The molecule has 2 N–H and O–H groups in total. The predicted octanol–water partition coefficient (Wildman–Crippen LogP) is 5.83. The second-order valence-corrected chi connectivity index (χ2v) is 7.06. The number of nitrogens with two attached hydrogens (primary N) is 1. The van der Waals surface area contributed by atoms with E-state index in [-0.39, 0.29) is 0 Å². The molecule has 0 amide bonds. The van der Waals surface area contributed by atoms with Crippen molar-refractivity contribution < 1.29 is 0 Å². The molecule has 106 valence electrons. The smallest absolute Gasteiger partial charge is 0.0467 e. The molecular weight excluding hydrogens is 380 g/mol. The first-order valence-electron chi connectivity index (χ1n) is 5.98. The largest absolute Gasteiger partial charge is 0.321 e. The summed E-state index contributed by atoms with van der Waals surface area (Å²) in [7, 11) is 0. The van der Waals surface area contributed by atoms with Crippen LogP contribution in [0.1, 0.15) is 18.1 Å². The molecule has 0 saturated heterocycles. The minimum absolute atomic E-state index is 0.507. The predicted molar refractivity (Wildman–Crippen MR) is 90.9 cm³/mol. The molecule has 20 heavy (non-hydrogen) atoms. The molecule has 0 heterocycles. The maximum Gasteiger partial charge on any atom is 0.0467 e. The molecule has 5 heteroatoms. The molecule has 0 radical (unpaired) electrons. The average Bonchev–Trinajstić information content (AvgIpc) is 2.33. The number of hydrogen-bond acceptors (Lipinski definition) is 1. The van der Waals surface area contributed by atoms with Gasteiger partial charge in [0.15, 0.2) is 0 Å². The fraction of sp³-hybridized carbons (Fsp3) is 0.200. The quantitative estimate of drug-likeness (QED) is 0.698. The molecule has 0 aliphatic heterocycles. The molecule has 0 spiro atoms. The van der Waals surface area contributed by atoms with Crippen LogP contribution in [0.2, 0.25) is 15.1 Å². The highest BCUT2D eigenvalue weighted by molar-refractivity contribution is 9.10. The van der Waals surface area contributed by atoms with Gasteiger partial charge in [-0.15, -0.1) is 0 Å². The summed E-state index contributed by atoms with van der Waals surface area (Å²) in [5, 5.41) is 1.84. The van der Waals surface area contributed by atoms with Gasteiger partial charge in [0.05, 0.1) is 0 Å². The van der Waals surface area contributed by atoms with Crippen molar-refractivity contribution in [2.75, 3.05) is 0 Å². The second-order valence-electron chi connectivity index (χ2n) is 4.92. The van der Waals surface area contributed by atoms with Crippen molar-refractivity contribution in [2.45, 2.75) is 18.9 Å². The Morgan fingerprint density at radius 2 is 1.65 bits per heavy atom. The Kier molecular flexibility index (Phi) is 5.04. The van der Waals surface area contributed by atoms with Crippen LogP contribution < -0.4 is 5.73 Å². The van der Waals surface area contributed by atoms with Gasteiger partial charge in [0, 0.05) is 25.1 Å². The van der Waals surface area contributed by atoms with Gasteiger partial charge in [0.25, 0.3) is 0 Å². The van der Waals surface area contributed by atoms with Crippen LogP contribution in [-0.4, -0.2) is 0 Å². The van der Waals surface area contributed by atoms with Crippen LogP contribution in [-0.2, 0) is 12.0 Å². The van der Waals surface area contributed by atoms with E-state index in [1.165, 1.54) is 0 Å². The minimum atomic E-state index is -0.660. The monoisotopic (exact) mass is 391 g/mol. The van der Waals surface area contributed by atoms with Gasteiger partial charge >= 0.3 is 0 Å². The van der Waals surface area contributed by atoms with Gasteiger partial charge in [-0.3, -0.25) is 0 Å². The highest BCUT2D eigenvalue weighted by Crippen LogP contribution is 2.35. The van der Waals surface area contributed by atoms with Crippen LogP contribution in [0, 0.1) is 0 Å². The van der Waals surface area contributed by atoms with Crippen LogP contribution in [0.3, 0.4) is 0 Å². The third kappa shape index (κ3) is 3.49. The topological polar surface area (TPSA) is 26.0 Å². The zero-order valence-corrected chi connectivity index (χ0v) is 14.6. The van der Waals surface area contributed by atoms with Crippen molar-refractivity contribution in [2.24, 2.45) is 5.73 Å². The van der Waals surface area contributed by atoms with E-state index < -0.39 is 5.54 Å². The minimum Gasteiger partial charge on any atom is -0.321 e. The standard InChI is InChI=1S/C15H13BrCl3N/c1-15(20,11-6-5-9(16)7-14(11)19)8-10-12(17)3-2-4-13(10)18/h2-7H,8,20H2,1H3. The number of hydrogen-bond donors (Lipinski definition) is 1. The zero-order valence-electron chi connectivity index (χ0n) is 10.8. The molecule has 2 rings (SSSR count). The van der Waals surface area contributed by atoms with Crippen LogP contribution >= 0.6 is 50.7 Å². The fourth-order valence-corrected chi connectivity index (χ4v) is 3.54. The fourth-order valence-electron chi connectivity index (χ4n) is 2.12. The first kappa shape index (κ1) is 16.1. The summed E-state index contributed by atoms with van der Waals surface area (Å²) < 4.78 is 0.915. The van der Waals surface area contributed by atoms with Crippen molar-refractivity contribution in [1.82, 2.24) is 0 Å². The lowest BCUT2D eigenvalue weighted by molar-refractivity contribution is 0.492. The van der Waals surface area contributed by atoms with Gasteiger partial charge in [0.1, 0.15) is 0 Å². The van der Waals surface area contributed by atoms with Gasteiger partial charge in [-0.25, -0.2) is 0 Å². The average molecular weight is 394 g/mol. The van der Waals surface area contributed by atoms with Gasteiger partial charge < -0.3 is 5.73 Å². The van der Waals surface area contributed by atoms with Crippen molar-refractivity contribution in [3.8, 4) is 0 Å². The molecule has 2 aromatic rings. The van der Waals surface area contributed by atoms with Crippen molar-refractivity contribution >= 4 is 50.7 Å². The molecule has 0 aliphatic rings. The normalized spacial score (nSPS) is 14.1. The summed E-state index contributed by atoms with van der Waals surface area (Å²) >= 11 is 22.1. The van der Waals surface area contributed by atoms with Crippen LogP contribution in [0.15, 0.2) is 40.9 Å². The van der Waals surface area contributed by atoms with Gasteiger partial charge in [-0.1, -0.05) is 62.9 Å². The van der Waals surface area contributed by atoms with Crippen LogP contribution in [0.4, 0.5) is 0 Å².